The van der Waals surface area contributed by atoms with Gasteiger partial charge in [0.25, 0.3) is 0 Å². The lowest BCUT2D eigenvalue weighted by Crippen LogP contribution is -2.61. The molecular formula is C59H82N14O15S2. The van der Waals surface area contributed by atoms with Crippen molar-refractivity contribution in [3.63, 3.8) is 0 Å². The SMILES string of the molecule is CC(C)[C@H](N)C(=O)N[C@@H](Cc1ccc(O)cc1)C(=O)N[C@H]1CSSC[C@@H](C(=O)N[C@@H](Cc2cccnc2)C(N)=O)NC(=O)[C@H](Cc2ccc(CO)cc2)NC(=O)[C@@H]2CCCN2C(=O)CNC(=O)[C@H](C(C)C)NC(=O)[C@H](CC(=O)O)NC(=O)[C@H](CCCN)NC1=O. The number of phenolic OH excluding ortho intramolecular Hbond substituents is 1. The Bertz CT molecular complexity index is 3000. The number of nitrogens with two attached hydrogens (primary N) is 3. The number of aliphatic hydroxyl groups is 1. The summed E-state index contributed by atoms with van der Waals surface area (Å²) in [7, 11) is 1.78. The molecule has 3 aromatic rings. The van der Waals surface area contributed by atoms with Gasteiger partial charge in [0, 0.05) is 49.7 Å². The van der Waals surface area contributed by atoms with Crippen molar-refractivity contribution in [3.05, 3.63) is 95.3 Å². The molecular weight excluding hydrogens is 1210 g/mol. The molecule has 2 fully saturated rings. The molecule has 0 unspecified atom stereocenters. The third kappa shape index (κ3) is 22.6. The Hall–Kier alpha value is -8.39. The highest BCUT2D eigenvalue weighted by Gasteiger charge is 2.39. The summed E-state index contributed by atoms with van der Waals surface area (Å²) >= 11 is 0. The molecule has 0 radical (unpaired) electrons. The smallest absolute Gasteiger partial charge is 0.305 e. The predicted octanol–water partition coefficient (Wildman–Crippen LogP) is -2.97. The van der Waals surface area contributed by atoms with Crippen molar-refractivity contribution in [1.29, 1.82) is 0 Å². The van der Waals surface area contributed by atoms with Crippen molar-refractivity contribution in [2.75, 3.05) is 31.1 Å². The standard InChI is InChI=1S/C59H82N14O15S2/c1-31(2)48(61)58(87)69-41(23-34-15-17-37(75)18-16-34)53(82)70-43-29-89-90-30-44(56(85)66-39(50(62)79)24-36-8-6-20-63-26-36)71-52(81)40(22-33-11-13-35(28-74)14-12-33)68-57(86)45-10-7-21-73(45)46(76)27-64-59(88)49(32(3)4)72-54(83)42(25-47(77)78)67-51(80)38(9-5-19-60)65-55(43)84/h6,8,11-18,20,26,31-32,38-45,48-49,74-75H,5,7,9-10,19,21-25,27-30,60-61H2,1-4H3,(H2,62,79)(H,64,88)(H,65,84)(H,66,85)(H,67,80)(H,68,86)(H,69,87)(H,70,82)(H,71,81)(H,72,83)(H,77,78)/t38-,39-,40-,41-,42-,43-,44-,45-,48-,49-/m0/s1. The number of hydrogen-bond donors (Lipinski definition) is 15. The van der Waals surface area contributed by atoms with E-state index in [1.807, 2.05) is 0 Å². The number of primary amides is 1. The first kappa shape index (κ1) is 72.4. The number of fused-ring (bicyclic) bond motifs is 1. The van der Waals surface area contributed by atoms with Crippen LogP contribution < -0.4 is 65.1 Å². The number of nitrogens with zero attached hydrogens (tertiary/aromatic N) is 2. The summed E-state index contributed by atoms with van der Waals surface area (Å²) in [5.41, 5.74) is 19.9. The van der Waals surface area contributed by atoms with Crippen LogP contribution in [0.1, 0.15) is 82.1 Å². The van der Waals surface area contributed by atoms with Gasteiger partial charge < -0.3 is 85.3 Å². The molecule has 0 bridgehead atoms. The molecule has 1 aromatic heterocycles. The topological polar surface area (TPSA) is 468 Å². The Kier molecular flexibility index (Phi) is 28.7. The number of aliphatic hydroxyl groups excluding tert-OH is 1. The molecule has 5 rings (SSSR count). The van der Waals surface area contributed by atoms with Crippen LogP contribution in [-0.2, 0) is 83.4 Å². The van der Waals surface area contributed by atoms with Crippen LogP contribution in [0.25, 0.3) is 0 Å². The van der Waals surface area contributed by atoms with Crippen LogP contribution in [0, 0.1) is 11.8 Å². The number of aromatic nitrogens is 1. The third-order valence-corrected chi connectivity index (χ3v) is 17.2. The molecule has 31 heteroatoms. The first-order chi connectivity index (χ1) is 42.8. The fraction of sp³-hybridized carbons (Fsp3) is 0.508. The molecule has 0 saturated carbocycles. The zero-order chi connectivity index (χ0) is 66.2. The Morgan fingerprint density at radius 2 is 1.34 bits per heavy atom. The van der Waals surface area contributed by atoms with Crippen LogP contribution in [0.4, 0.5) is 0 Å². The molecule has 0 spiro atoms. The van der Waals surface area contributed by atoms with Gasteiger partial charge >= 0.3 is 5.97 Å². The van der Waals surface area contributed by atoms with Crippen molar-refractivity contribution in [3.8, 4) is 5.75 Å². The number of aliphatic carboxylic acids is 1. The summed E-state index contributed by atoms with van der Waals surface area (Å²) in [6, 6.07) is 0.815. The van der Waals surface area contributed by atoms with E-state index in [-0.39, 0.29) is 75.6 Å². The Labute approximate surface area is 528 Å². The first-order valence-electron chi connectivity index (χ1n) is 29.4. The number of carboxylic acid groups (broad SMARTS) is 1. The van der Waals surface area contributed by atoms with Crippen LogP contribution in [0.2, 0.25) is 0 Å². The molecule has 11 amide bonds. The van der Waals surface area contributed by atoms with E-state index in [1.165, 1.54) is 41.6 Å². The number of nitrogens with one attached hydrogen (secondary N) is 9. The highest BCUT2D eigenvalue weighted by molar-refractivity contribution is 8.76. The van der Waals surface area contributed by atoms with E-state index in [1.54, 1.807) is 64.1 Å². The minimum Gasteiger partial charge on any atom is -0.508 e. The van der Waals surface area contributed by atoms with Crippen molar-refractivity contribution in [2.45, 2.75) is 146 Å². The number of phenols is 1. The number of carbonyl (C=O) groups excluding carboxylic acids is 11. The molecule has 2 saturated heterocycles. The van der Waals surface area contributed by atoms with E-state index >= 15 is 0 Å². The number of amides is 11. The lowest BCUT2D eigenvalue weighted by molar-refractivity contribution is -0.142. The molecule has 490 valence electrons. The summed E-state index contributed by atoms with van der Waals surface area (Å²) in [6.07, 6.45) is 1.77. The van der Waals surface area contributed by atoms with Crippen molar-refractivity contribution in [1.82, 2.24) is 57.7 Å². The molecule has 3 heterocycles. The minimum atomic E-state index is -1.86. The Morgan fingerprint density at radius 3 is 1.97 bits per heavy atom. The maximum atomic E-state index is 14.8. The van der Waals surface area contributed by atoms with E-state index in [4.69, 9.17) is 17.2 Å². The van der Waals surface area contributed by atoms with Gasteiger partial charge in [-0.2, -0.15) is 0 Å². The largest absolute Gasteiger partial charge is 0.508 e. The first-order valence-corrected chi connectivity index (χ1v) is 31.8. The molecule has 2 aromatic carbocycles. The maximum absolute atomic E-state index is 14.8. The number of pyridine rings is 1. The van der Waals surface area contributed by atoms with Crippen molar-refractivity contribution < 1.29 is 72.9 Å². The van der Waals surface area contributed by atoms with Gasteiger partial charge in [0.1, 0.15) is 60.1 Å². The van der Waals surface area contributed by atoms with Crippen LogP contribution in [0.15, 0.2) is 73.1 Å². The Balaban J connectivity index is 1.61. The second-order valence-electron chi connectivity index (χ2n) is 22.5. The van der Waals surface area contributed by atoms with E-state index in [2.05, 4.69) is 52.8 Å². The van der Waals surface area contributed by atoms with Crippen molar-refractivity contribution >= 4 is 92.5 Å². The minimum absolute atomic E-state index is 0.0195. The van der Waals surface area contributed by atoms with E-state index in [0.717, 1.165) is 21.6 Å². The second kappa shape index (κ2) is 35.7. The normalized spacial score (nSPS) is 22.3. The summed E-state index contributed by atoms with van der Waals surface area (Å²) < 4.78 is 0. The molecule has 2 aliphatic rings. The van der Waals surface area contributed by atoms with Gasteiger partial charge in [-0.05, 0) is 84.5 Å². The maximum Gasteiger partial charge on any atom is 0.305 e. The number of aromatic hydroxyl groups is 1. The lowest BCUT2D eigenvalue weighted by atomic mass is 10.0. The lowest BCUT2D eigenvalue weighted by Gasteiger charge is -2.29. The highest BCUT2D eigenvalue weighted by Crippen LogP contribution is 2.25. The predicted molar refractivity (Wildman–Crippen MR) is 331 cm³/mol. The van der Waals surface area contributed by atoms with Gasteiger partial charge in [0.05, 0.1) is 25.6 Å². The van der Waals surface area contributed by atoms with Gasteiger partial charge in [-0.15, -0.1) is 0 Å². The molecule has 90 heavy (non-hydrogen) atoms. The summed E-state index contributed by atoms with van der Waals surface area (Å²) in [6.45, 7) is 5.54. The average Bonchev–Trinajstić information content (AvgIpc) is 3.33. The number of rotatable bonds is 21. The van der Waals surface area contributed by atoms with E-state index < -0.39 is 156 Å². The number of carboxylic acids is 1. The summed E-state index contributed by atoms with van der Waals surface area (Å²) in [4.78, 5) is 173. The van der Waals surface area contributed by atoms with Crippen LogP contribution in [0.5, 0.6) is 5.75 Å². The monoisotopic (exact) mass is 1290 g/mol. The van der Waals surface area contributed by atoms with Gasteiger partial charge in [0.15, 0.2) is 0 Å². The van der Waals surface area contributed by atoms with Gasteiger partial charge in [-0.1, -0.05) is 91.7 Å². The summed E-state index contributed by atoms with van der Waals surface area (Å²) in [5.74, 6) is -13.5. The van der Waals surface area contributed by atoms with Crippen molar-refractivity contribution in [2.24, 2.45) is 29.0 Å². The zero-order valence-corrected chi connectivity index (χ0v) is 52.1. The number of benzene rings is 2. The average molecular weight is 1290 g/mol. The van der Waals surface area contributed by atoms with Gasteiger partial charge in [-0.25, -0.2) is 0 Å². The molecule has 2 aliphatic heterocycles. The molecule has 0 aliphatic carbocycles. The van der Waals surface area contributed by atoms with Gasteiger partial charge in [0.2, 0.25) is 65.0 Å². The second-order valence-corrected chi connectivity index (χ2v) is 25.1. The molecule has 18 N–H and O–H groups in total. The van der Waals surface area contributed by atoms with Crippen LogP contribution in [-0.4, -0.2) is 188 Å². The Morgan fingerprint density at radius 1 is 0.722 bits per heavy atom. The quantitative estimate of drug-likeness (QED) is 0.0474. The van der Waals surface area contributed by atoms with E-state index in [0.29, 0.717) is 28.7 Å². The fourth-order valence-electron chi connectivity index (χ4n) is 9.55. The van der Waals surface area contributed by atoms with Crippen LogP contribution in [0.3, 0.4) is 0 Å². The third-order valence-electron chi connectivity index (χ3n) is 14.8. The number of carbonyl (C=O) groups is 12. The molecule has 29 nitrogen and oxygen atoms in total. The fourth-order valence-corrected chi connectivity index (χ4v) is 11.9. The highest BCUT2D eigenvalue weighted by atomic mass is 33.1. The zero-order valence-electron chi connectivity index (χ0n) is 50.4. The van der Waals surface area contributed by atoms with E-state index in [9.17, 15) is 72.9 Å². The van der Waals surface area contributed by atoms with Crippen LogP contribution >= 0.6 is 21.6 Å². The summed E-state index contributed by atoms with van der Waals surface area (Å²) in [5, 5.41) is 53.0. The molecule has 10 atom stereocenters. The van der Waals surface area contributed by atoms with Gasteiger partial charge in [-0.3, -0.25) is 62.5 Å². The number of hydrogen-bond acceptors (Lipinski definition) is 19.